The van der Waals surface area contributed by atoms with Crippen molar-refractivity contribution in [2.45, 2.75) is 12.8 Å². The Bertz CT molecular complexity index is 90.7. The summed E-state index contributed by atoms with van der Waals surface area (Å²) in [6.45, 7) is 1.76. The van der Waals surface area contributed by atoms with E-state index in [1.54, 1.807) is 0 Å². The van der Waals surface area contributed by atoms with E-state index >= 15 is 0 Å². The lowest BCUT2D eigenvalue weighted by Crippen LogP contribution is -2.06. The van der Waals surface area contributed by atoms with Crippen molar-refractivity contribution in [3.8, 4) is 0 Å². The van der Waals surface area contributed by atoms with E-state index in [4.69, 9.17) is 4.74 Å². The summed E-state index contributed by atoms with van der Waals surface area (Å²) < 4.78 is 5.17. The molecule has 0 aromatic carbocycles. The van der Waals surface area contributed by atoms with E-state index in [0.717, 1.165) is 13.2 Å². The Hall–Kier alpha value is 0.180. The second kappa shape index (κ2) is 3.25. The SMILES string of the molecule is BrC=C1CCCOC1. The van der Waals surface area contributed by atoms with Crippen molar-refractivity contribution < 1.29 is 4.74 Å². The fourth-order valence-corrected chi connectivity index (χ4v) is 1.12. The number of rotatable bonds is 0. The van der Waals surface area contributed by atoms with Crippen molar-refractivity contribution in [2.75, 3.05) is 13.2 Å². The first-order valence-corrected chi connectivity index (χ1v) is 3.71. The van der Waals surface area contributed by atoms with Gasteiger partial charge in [0.25, 0.3) is 0 Å². The van der Waals surface area contributed by atoms with Gasteiger partial charge in [0, 0.05) is 6.61 Å². The molecule has 0 aromatic heterocycles. The highest BCUT2D eigenvalue weighted by atomic mass is 79.9. The molecular weight excluding hydrogens is 168 g/mol. The zero-order valence-corrected chi connectivity index (χ0v) is 6.28. The zero-order valence-electron chi connectivity index (χ0n) is 4.69. The van der Waals surface area contributed by atoms with Crippen LogP contribution in [0.15, 0.2) is 10.6 Å². The standard InChI is InChI=1S/C6H9BrO/c7-4-6-2-1-3-8-5-6/h4H,1-3,5H2. The minimum Gasteiger partial charge on any atom is -0.377 e. The van der Waals surface area contributed by atoms with Crippen LogP contribution in [0.5, 0.6) is 0 Å². The summed E-state index contributed by atoms with van der Waals surface area (Å²) in [4.78, 5) is 1.96. The monoisotopic (exact) mass is 176 g/mol. The lowest BCUT2D eigenvalue weighted by atomic mass is 10.1. The Labute approximate surface area is 57.8 Å². The molecule has 0 N–H and O–H groups in total. The number of hydrogen-bond donors (Lipinski definition) is 0. The molecule has 2 heteroatoms. The average Bonchev–Trinajstić information content (AvgIpc) is 1.90. The molecule has 0 unspecified atom stereocenters. The predicted molar refractivity (Wildman–Crippen MR) is 37.1 cm³/mol. The van der Waals surface area contributed by atoms with Gasteiger partial charge in [-0.05, 0) is 23.4 Å². The number of ether oxygens (including phenoxy) is 1. The van der Waals surface area contributed by atoms with Gasteiger partial charge in [-0.2, -0.15) is 0 Å². The molecule has 1 nitrogen and oxygen atoms in total. The first-order chi connectivity index (χ1) is 3.93. The summed E-state index contributed by atoms with van der Waals surface area (Å²) in [7, 11) is 0. The Morgan fingerprint density at radius 3 is 2.88 bits per heavy atom. The lowest BCUT2D eigenvalue weighted by molar-refractivity contribution is 0.130. The Balaban J connectivity index is 2.33. The molecule has 0 bridgehead atoms. The third kappa shape index (κ3) is 1.60. The van der Waals surface area contributed by atoms with E-state index in [2.05, 4.69) is 15.9 Å². The van der Waals surface area contributed by atoms with Gasteiger partial charge >= 0.3 is 0 Å². The third-order valence-electron chi connectivity index (χ3n) is 1.23. The quantitative estimate of drug-likeness (QED) is 0.550. The summed E-state index contributed by atoms with van der Waals surface area (Å²) in [6, 6.07) is 0. The molecule has 1 heterocycles. The first-order valence-electron chi connectivity index (χ1n) is 2.79. The predicted octanol–water partition coefficient (Wildman–Crippen LogP) is 2.08. The van der Waals surface area contributed by atoms with Gasteiger partial charge in [0.2, 0.25) is 0 Å². The van der Waals surface area contributed by atoms with Gasteiger partial charge < -0.3 is 4.74 Å². The number of hydrogen-bond acceptors (Lipinski definition) is 1. The second-order valence-electron chi connectivity index (χ2n) is 1.92. The van der Waals surface area contributed by atoms with Gasteiger partial charge in [0.15, 0.2) is 0 Å². The van der Waals surface area contributed by atoms with Crippen molar-refractivity contribution >= 4 is 15.9 Å². The topological polar surface area (TPSA) is 9.23 Å². The van der Waals surface area contributed by atoms with E-state index in [-0.39, 0.29) is 0 Å². The lowest BCUT2D eigenvalue weighted by Gasteiger charge is -2.12. The molecule has 0 atom stereocenters. The van der Waals surface area contributed by atoms with Crippen molar-refractivity contribution in [1.82, 2.24) is 0 Å². The van der Waals surface area contributed by atoms with Gasteiger partial charge in [-0.25, -0.2) is 0 Å². The molecule has 0 radical (unpaired) electrons. The van der Waals surface area contributed by atoms with Crippen LogP contribution < -0.4 is 0 Å². The van der Waals surface area contributed by atoms with Crippen LogP contribution in [0.4, 0.5) is 0 Å². The van der Waals surface area contributed by atoms with Crippen molar-refractivity contribution in [3.05, 3.63) is 10.6 Å². The minimum absolute atomic E-state index is 0.825. The number of halogens is 1. The fraction of sp³-hybridized carbons (Fsp3) is 0.667. The van der Waals surface area contributed by atoms with Crippen molar-refractivity contribution in [3.63, 3.8) is 0 Å². The molecule has 0 saturated carbocycles. The molecule has 0 spiro atoms. The van der Waals surface area contributed by atoms with Crippen LogP contribution in [0, 0.1) is 0 Å². The van der Waals surface area contributed by atoms with E-state index in [1.807, 2.05) is 4.99 Å². The highest BCUT2D eigenvalue weighted by Crippen LogP contribution is 2.12. The molecule has 0 amide bonds. The Kier molecular flexibility index (Phi) is 2.56. The van der Waals surface area contributed by atoms with Gasteiger partial charge in [-0.15, -0.1) is 0 Å². The van der Waals surface area contributed by atoms with Crippen LogP contribution in [0.3, 0.4) is 0 Å². The van der Waals surface area contributed by atoms with Crippen molar-refractivity contribution in [1.29, 1.82) is 0 Å². The summed E-state index contributed by atoms with van der Waals surface area (Å²) in [5.41, 5.74) is 1.37. The van der Waals surface area contributed by atoms with Gasteiger partial charge in [0.05, 0.1) is 6.61 Å². The van der Waals surface area contributed by atoms with E-state index in [1.165, 1.54) is 18.4 Å². The molecule has 0 aromatic rings. The third-order valence-corrected chi connectivity index (χ3v) is 1.88. The normalized spacial score (nSPS) is 26.4. The maximum Gasteiger partial charge on any atom is 0.0684 e. The summed E-state index contributed by atoms with van der Waals surface area (Å²) >= 11 is 3.27. The van der Waals surface area contributed by atoms with Crippen molar-refractivity contribution in [2.24, 2.45) is 0 Å². The summed E-state index contributed by atoms with van der Waals surface area (Å²) in [5, 5.41) is 0. The Morgan fingerprint density at radius 2 is 2.50 bits per heavy atom. The van der Waals surface area contributed by atoms with Crippen LogP contribution in [-0.4, -0.2) is 13.2 Å². The first kappa shape index (κ1) is 6.30. The van der Waals surface area contributed by atoms with Crippen LogP contribution in [0.2, 0.25) is 0 Å². The molecule has 1 saturated heterocycles. The van der Waals surface area contributed by atoms with E-state index in [9.17, 15) is 0 Å². The molecular formula is C6H9BrO. The maximum atomic E-state index is 5.17. The molecule has 1 fully saturated rings. The summed E-state index contributed by atoms with van der Waals surface area (Å²) in [6.07, 6.45) is 2.38. The smallest absolute Gasteiger partial charge is 0.0684 e. The van der Waals surface area contributed by atoms with Crippen LogP contribution in [0.25, 0.3) is 0 Å². The van der Waals surface area contributed by atoms with E-state index in [0.29, 0.717) is 0 Å². The van der Waals surface area contributed by atoms with Gasteiger partial charge in [-0.1, -0.05) is 15.9 Å². The zero-order chi connectivity index (χ0) is 5.82. The fourth-order valence-electron chi connectivity index (χ4n) is 0.763. The molecule has 8 heavy (non-hydrogen) atoms. The van der Waals surface area contributed by atoms with Crippen LogP contribution in [0.1, 0.15) is 12.8 Å². The van der Waals surface area contributed by atoms with Gasteiger partial charge in [0.1, 0.15) is 0 Å². The second-order valence-corrected chi connectivity index (χ2v) is 2.38. The van der Waals surface area contributed by atoms with Crippen LogP contribution >= 0.6 is 15.9 Å². The molecule has 46 valence electrons. The van der Waals surface area contributed by atoms with E-state index < -0.39 is 0 Å². The molecule has 1 aliphatic heterocycles. The van der Waals surface area contributed by atoms with Crippen LogP contribution in [-0.2, 0) is 4.74 Å². The summed E-state index contributed by atoms with van der Waals surface area (Å²) in [5.74, 6) is 0. The average molecular weight is 177 g/mol. The highest BCUT2D eigenvalue weighted by Gasteiger charge is 2.02. The maximum absolute atomic E-state index is 5.17. The Morgan fingerprint density at radius 1 is 1.62 bits per heavy atom. The molecule has 1 aliphatic rings. The van der Waals surface area contributed by atoms with Gasteiger partial charge in [-0.3, -0.25) is 0 Å². The largest absolute Gasteiger partial charge is 0.377 e. The molecule has 0 aliphatic carbocycles. The minimum atomic E-state index is 0.825. The highest BCUT2D eigenvalue weighted by molar-refractivity contribution is 9.11. The molecule has 1 rings (SSSR count).